The number of nitrogens with one attached hydrogen (secondary N) is 1. The molecule has 0 saturated heterocycles. The number of carbonyl (C=O) groups is 1. The third-order valence-electron chi connectivity index (χ3n) is 5.81. The fourth-order valence-corrected chi connectivity index (χ4v) is 4.12. The van der Waals surface area contributed by atoms with Gasteiger partial charge in [0.15, 0.2) is 0 Å². The Bertz CT molecular complexity index is 1520. The molecule has 5 aromatic rings. The number of aryl methyl sites for hydroxylation is 2. The Morgan fingerprint density at radius 3 is 2.59 bits per heavy atom. The van der Waals surface area contributed by atoms with Crippen LogP contribution in [0.4, 0.5) is 11.5 Å². The van der Waals surface area contributed by atoms with E-state index < -0.39 is 5.97 Å². The Morgan fingerprint density at radius 1 is 0.971 bits per heavy atom. The predicted octanol–water partition coefficient (Wildman–Crippen LogP) is 6.40. The first-order valence-electron chi connectivity index (χ1n) is 11.2. The summed E-state index contributed by atoms with van der Waals surface area (Å²) in [7, 11) is 0. The SMILES string of the molecule is CCc1cccc(-c2cc(Nc3ccccc3C(=O)O)n(-c3cc(C)nc4ccccc34)n2)c1. The zero-order valence-corrected chi connectivity index (χ0v) is 19.0. The highest BCUT2D eigenvalue weighted by molar-refractivity contribution is 5.95. The molecule has 2 heterocycles. The standard InChI is InChI=1S/C28H24N4O2/c1-3-19-9-8-10-20(16-19)25-17-27(30-24-14-7-5-12-22(24)28(33)34)32(31-25)26-15-18(2)29-23-13-6-4-11-21(23)26/h4-17,30H,3H2,1-2H3,(H,33,34). The molecule has 0 fully saturated rings. The number of para-hydroxylation sites is 2. The highest BCUT2D eigenvalue weighted by Crippen LogP contribution is 2.31. The van der Waals surface area contributed by atoms with Gasteiger partial charge in [0, 0.05) is 22.7 Å². The van der Waals surface area contributed by atoms with Gasteiger partial charge < -0.3 is 10.4 Å². The molecule has 3 aromatic carbocycles. The van der Waals surface area contributed by atoms with E-state index in [-0.39, 0.29) is 5.56 Å². The van der Waals surface area contributed by atoms with E-state index in [1.54, 1.807) is 18.2 Å². The Hall–Kier alpha value is -4.45. The molecule has 2 aromatic heterocycles. The molecule has 0 amide bonds. The van der Waals surface area contributed by atoms with Crippen molar-refractivity contribution in [1.82, 2.24) is 14.8 Å². The van der Waals surface area contributed by atoms with Gasteiger partial charge in [-0.2, -0.15) is 5.10 Å². The number of aromatic nitrogens is 3. The monoisotopic (exact) mass is 448 g/mol. The van der Waals surface area contributed by atoms with Gasteiger partial charge in [0.1, 0.15) is 5.82 Å². The lowest BCUT2D eigenvalue weighted by molar-refractivity contribution is 0.0698. The van der Waals surface area contributed by atoms with Crippen LogP contribution in [0.1, 0.15) is 28.5 Å². The fourth-order valence-electron chi connectivity index (χ4n) is 4.12. The van der Waals surface area contributed by atoms with Crippen LogP contribution in [0.25, 0.3) is 27.8 Å². The molecule has 0 spiro atoms. The van der Waals surface area contributed by atoms with Crippen molar-refractivity contribution in [3.05, 3.63) is 102 Å². The summed E-state index contributed by atoms with van der Waals surface area (Å²) in [5, 5.41) is 18.9. The van der Waals surface area contributed by atoms with Gasteiger partial charge in [-0.15, -0.1) is 0 Å². The van der Waals surface area contributed by atoms with Crippen LogP contribution < -0.4 is 5.32 Å². The van der Waals surface area contributed by atoms with Crippen LogP contribution in [-0.4, -0.2) is 25.8 Å². The van der Waals surface area contributed by atoms with Gasteiger partial charge in [0.25, 0.3) is 0 Å². The van der Waals surface area contributed by atoms with Crippen LogP contribution in [-0.2, 0) is 6.42 Å². The zero-order valence-electron chi connectivity index (χ0n) is 19.0. The number of nitrogens with zero attached hydrogens (tertiary/aromatic N) is 3. The maximum atomic E-state index is 11.8. The minimum atomic E-state index is -0.991. The topological polar surface area (TPSA) is 80.0 Å². The molecule has 0 unspecified atom stereocenters. The minimum absolute atomic E-state index is 0.195. The summed E-state index contributed by atoms with van der Waals surface area (Å²) in [5.74, 6) is -0.323. The highest BCUT2D eigenvalue weighted by Gasteiger charge is 2.17. The maximum absolute atomic E-state index is 11.8. The molecular formula is C28H24N4O2. The third kappa shape index (κ3) is 4.01. The van der Waals surface area contributed by atoms with E-state index in [0.29, 0.717) is 11.5 Å². The molecule has 0 aliphatic carbocycles. The van der Waals surface area contributed by atoms with Gasteiger partial charge in [-0.3, -0.25) is 4.98 Å². The molecule has 5 rings (SSSR count). The normalized spacial score (nSPS) is 11.0. The number of aromatic carboxylic acids is 1. The number of hydrogen-bond donors (Lipinski definition) is 2. The van der Waals surface area contributed by atoms with E-state index in [9.17, 15) is 9.90 Å². The van der Waals surface area contributed by atoms with Crippen LogP contribution in [0.5, 0.6) is 0 Å². The minimum Gasteiger partial charge on any atom is -0.478 e. The van der Waals surface area contributed by atoms with E-state index in [1.807, 2.05) is 66.2 Å². The number of carboxylic acid groups (broad SMARTS) is 1. The van der Waals surface area contributed by atoms with Crippen molar-refractivity contribution in [2.24, 2.45) is 0 Å². The van der Waals surface area contributed by atoms with Crippen molar-refractivity contribution in [3.63, 3.8) is 0 Å². The van der Waals surface area contributed by atoms with Gasteiger partial charge in [0.05, 0.1) is 28.1 Å². The number of pyridine rings is 1. The first kappa shape index (κ1) is 21.4. The van der Waals surface area contributed by atoms with E-state index >= 15 is 0 Å². The molecule has 6 heteroatoms. The van der Waals surface area contributed by atoms with Gasteiger partial charge in [-0.25, -0.2) is 9.48 Å². The summed E-state index contributed by atoms with van der Waals surface area (Å²) in [6, 6.07) is 27.1. The Morgan fingerprint density at radius 2 is 1.76 bits per heavy atom. The first-order valence-corrected chi connectivity index (χ1v) is 11.2. The van der Waals surface area contributed by atoms with E-state index in [1.165, 1.54) is 5.56 Å². The number of rotatable bonds is 6. The number of hydrogen-bond acceptors (Lipinski definition) is 4. The quantitative estimate of drug-likeness (QED) is 0.314. The van der Waals surface area contributed by atoms with Crippen molar-refractivity contribution < 1.29 is 9.90 Å². The largest absolute Gasteiger partial charge is 0.478 e. The van der Waals surface area contributed by atoms with Gasteiger partial charge >= 0.3 is 5.97 Å². The Labute approximate surface area is 197 Å². The second kappa shape index (κ2) is 8.83. The molecule has 168 valence electrons. The van der Waals surface area contributed by atoms with Crippen molar-refractivity contribution in [1.29, 1.82) is 0 Å². The van der Waals surface area contributed by atoms with Crippen molar-refractivity contribution >= 4 is 28.4 Å². The zero-order chi connectivity index (χ0) is 23.7. The van der Waals surface area contributed by atoms with Gasteiger partial charge in [-0.1, -0.05) is 55.5 Å². The van der Waals surface area contributed by atoms with Crippen LogP contribution in [0.3, 0.4) is 0 Å². The summed E-state index contributed by atoms with van der Waals surface area (Å²) in [6.45, 7) is 4.08. The van der Waals surface area contributed by atoms with E-state index in [2.05, 4.69) is 29.4 Å². The predicted molar refractivity (Wildman–Crippen MR) is 135 cm³/mol. The molecule has 0 atom stereocenters. The molecule has 34 heavy (non-hydrogen) atoms. The average Bonchev–Trinajstić information content (AvgIpc) is 3.27. The van der Waals surface area contributed by atoms with Gasteiger partial charge in [-0.05, 0) is 49.2 Å². The summed E-state index contributed by atoms with van der Waals surface area (Å²) in [5.41, 5.74) is 6.34. The number of fused-ring (bicyclic) bond motifs is 1. The molecular weight excluding hydrogens is 424 g/mol. The number of anilines is 2. The number of benzene rings is 3. The molecule has 0 aliphatic rings. The lowest BCUT2D eigenvalue weighted by atomic mass is 10.1. The van der Waals surface area contributed by atoms with E-state index in [0.717, 1.165) is 40.0 Å². The first-order chi connectivity index (χ1) is 16.5. The molecule has 0 aliphatic heterocycles. The lowest BCUT2D eigenvalue weighted by Crippen LogP contribution is -2.07. The maximum Gasteiger partial charge on any atom is 0.337 e. The van der Waals surface area contributed by atoms with Crippen LogP contribution in [0.2, 0.25) is 0 Å². The average molecular weight is 449 g/mol. The molecule has 0 bridgehead atoms. The lowest BCUT2D eigenvalue weighted by Gasteiger charge is -2.14. The fraction of sp³-hybridized carbons (Fsp3) is 0.107. The molecule has 2 N–H and O–H groups in total. The van der Waals surface area contributed by atoms with Crippen molar-refractivity contribution in [2.45, 2.75) is 20.3 Å². The summed E-state index contributed by atoms with van der Waals surface area (Å²) < 4.78 is 1.84. The van der Waals surface area contributed by atoms with Gasteiger partial charge in [0.2, 0.25) is 0 Å². The Balaban J connectivity index is 1.73. The van der Waals surface area contributed by atoms with Crippen molar-refractivity contribution in [2.75, 3.05) is 5.32 Å². The molecule has 0 saturated carbocycles. The van der Waals surface area contributed by atoms with Crippen LogP contribution in [0.15, 0.2) is 84.9 Å². The third-order valence-corrected chi connectivity index (χ3v) is 5.81. The summed E-state index contributed by atoms with van der Waals surface area (Å²) in [6.07, 6.45) is 0.930. The van der Waals surface area contributed by atoms with E-state index in [4.69, 9.17) is 5.10 Å². The highest BCUT2D eigenvalue weighted by atomic mass is 16.4. The van der Waals surface area contributed by atoms with Crippen LogP contribution in [0, 0.1) is 6.92 Å². The molecule has 0 radical (unpaired) electrons. The van der Waals surface area contributed by atoms with Crippen LogP contribution >= 0.6 is 0 Å². The second-order valence-corrected chi connectivity index (χ2v) is 8.16. The smallest absolute Gasteiger partial charge is 0.337 e. The number of carboxylic acids is 1. The second-order valence-electron chi connectivity index (χ2n) is 8.16. The molecule has 6 nitrogen and oxygen atoms in total. The Kier molecular flexibility index (Phi) is 5.55. The summed E-state index contributed by atoms with van der Waals surface area (Å²) >= 11 is 0. The summed E-state index contributed by atoms with van der Waals surface area (Å²) in [4.78, 5) is 16.5. The van der Waals surface area contributed by atoms with Crippen molar-refractivity contribution in [3.8, 4) is 16.9 Å².